The second kappa shape index (κ2) is 5.68. The molecule has 0 radical (unpaired) electrons. The van der Waals surface area contributed by atoms with Crippen LogP contribution in [0.25, 0.3) is 0 Å². The van der Waals surface area contributed by atoms with E-state index in [0.717, 1.165) is 18.9 Å². The molecule has 1 N–H and O–H groups in total. The van der Waals surface area contributed by atoms with E-state index >= 15 is 0 Å². The molecule has 0 amide bonds. The van der Waals surface area contributed by atoms with Crippen LogP contribution in [-0.4, -0.2) is 6.61 Å². The van der Waals surface area contributed by atoms with E-state index in [1.165, 1.54) is 16.7 Å². The standard InChI is InChI=1S/C18H21NO/c1-13-7-3-4-8-15(13)11-19-18-14(2)12-20-17-10-6-5-9-16(17)18/h3-10,14,18-19H,11-12H2,1-2H3. The summed E-state index contributed by atoms with van der Waals surface area (Å²) in [6.45, 7) is 6.09. The van der Waals surface area contributed by atoms with Crippen molar-refractivity contribution >= 4 is 0 Å². The zero-order valence-corrected chi connectivity index (χ0v) is 12.1. The van der Waals surface area contributed by atoms with Crippen molar-refractivity contribution in [1.82, 2.24) is 5.32 Å². The summed E-state index contributed by atoms with van der Waals surface area (Å²) in [5.41, 5.74) is 3.98. The Morgan fingerprint density at radius 3 is 2.70 bits per heavy atom. The molecule has 0 aliphatic carbocycles. The van der Waals surface area contributed by atoms with Crippen molar-refractivity contribution in [3.63, 3.8) is 0 Å². The SMILES string of the molecule is Cc1ccccc1CNC1c2ccccc2OCC1C. The number of fused-ring (bicyclic) bond motifs is 1. The van der Waals surface area contributed by atoms with Gasteiger partial charge in [-0.2, -0.15) is 0 Å². The number of nitrogens with one attached hydrogen (secondary N) is 1. The van der Waals surface area contributed by atoms with Crippen LogP contribution in [0.1, 0.15) is 29.7 Å². The number of rotatable bonds is 3. The smallest absolute Gasteiger partial charge is 0.124 e. The molecule has 20 heavy (non-hydrogen) atoms. The summed E-state index contributed by atoms with van der Waals surface area (Å²) in [6.07, 6.45) is 0. The fourth-order valence-corrected chi connectivity index (χ4v) is 2.83. The summed E-state index contributed by atoms with van der Waals surface area (Å²) < 4.78 is 5.80. The molecule has 1 heterocycles. The Morgan fingerprint density at radius 2 is 1.85 bits per heavy atom. The van der Waals surface area contributed by atoms with Gasteiger partial charge in [-0.05, 0) is 24.1 Å². The summed E-state index contributed by atoms with van der Waals surface area (Å²) in [7, 11) is 0. The van der Waals surface area contributed by atoms with E-state index in [1.807, 2.05) is 6.07 Å². The lowest BCUT2D eigenvalue weighted by Crippen LogP contribution is -2.33. The third-order valence-corrected chi connectivity index (χ3v) is 4.10. The maximum absolute atomic E-state index is 5.80. The summed E-state index contributed by atoms with van der Waals surface area (Å²) >= 11 is 0. The van der Waals surface area contributed by atoms with Gasteiger partial charge in [-0.15, -0.1) is 0 Å². The molecule has 0 fully saturated rings. The van der Waals surface area contributed by atoms with Gasteiger partial charge < -0.3 is 10.1 Å². The van der Waals surface area contributed by atoms with Crippen molar-refractivity contribution < 1.29 is 4.74 Å². The number of ether oxygens (including phenoxy) is 1. The molecule has 0 saturated heterocycles. The van der Waals surface area contributed by atoms with E-state index in [9.17, 15) is 0 Å². The second-order valence-electron chi connectivity index (χ2n) is 5.61. The van der Waals surface area contributed by atoms with E-state index in [4.69, 9.17) is 4.74 Å². The first kappa shape index (κ1) is 13.2. The zero-order valence-electron chi connectivity index (χ0n) is 12.1. The third kappa shape index (κ3) is 2.56. The van der Waals surface area contributed by atoms with Gasteiger partial charge in [0.15, 0.2) is 0 Å². The molecule has 2 nitrogen and oxygen atoms in total. The van der Waals surface area contributed by atoms with Gasteiger partial charge in [-0.1, -0.05) is 49.4 Å². The molecule has 2 aromatic carbocycles. The van der Waals surface area contributed by atoms with Crippen LogP contribution in [0.15, 0.2) is 48.5 Å². The predicted octanol–water partition coefficient (Wildman–Crippen LogP) is 3.85. The van der Waals surface area contributed by atoms with Crippen molar-refractivity contribution in [1.29, 1.82) is 0 Å². The largest absolute Gasteiger partial charge is 0.493 e. The normalized spacial score (nSPS) is 21.1. The molecule has 3 rings (SSSR count). The van der Waals surface area contributed by atoms with Crippen molar-refractivity contribution in [2.24, 2.45) is 5.92 Å². The van der Waals surface area contributed by atoms with Crippen LogP contribution >= 0.6 is 0 Å². The maximum Gasteiger partial charge on any atom is 0.124 e. The minimum Gasteiger partial charge on any atom is -0.493 e. The number of para-hydroxylation sites is 1. The average Bonchev–Trinajstić information content (AvgIpc) is 2.48. The van der Waals surface area contributed by atoms with Crippen molar-refractivity contribution in [2.75, 3.05) is 6.61 Å². The summed E-state index contributed by atoms with van der Waals surface area (Å²) in [5, 5.41) is 3.70. The Kier molecular flexibility index (Phi) is 3.75. The molecule has 0 saturated carbocycles. The highest BCUT2D eigenvalue weighted by Gasteiger charge is 2.27. The highest BCUT2D eigenvalue weighted by Crippen LogP contribution is 2.35. The fraction of sp³-hybridized carbons (Fsp3) is 0.333. The van der Waals surface area contributed by atoms with E-state index < -0.39 is 0 Å². The van der Waals surface area contributed by atoms with Crippen LogP contribution in [0, 0.1) is 12.8 Å². The van der Waals surface area contributed by atoms with Crippen LogP contribution in [0.4, 0.5) is 0 Å². The highest BCUT2D eigenvalue weighted by molar-refractivity contribution is 5.38. The summed E-state index contributed by atoms with van der Waals surface area (Å²) in [6, 6.07) is 17.3. The minimum absolute atomic E-state index is 0.361. The quantitative estimate of drug-likeness (QED) is 0.912. The van der Waals surface area contributed by atoms with Crippen molar-refractivity contribution in [2.45, 2.75) is 26.4 Å². The van der Waals surface area contributed by atoms with E-state index in [0.29, 0.717) is 12.0 Å². The first-order valence-corrected chi connectivity index (χ1v) is 7.25. The van der Waals surface area contributed by atoms with Crippen LogP contribution in [-0.2, 0) is 6.54 Å². The summed E-state index contributed by atoms with van der Waals surface area (Å²) in [5.74, 6) is 1.50. The van der Waals surface area contributed by atoms with E-state index in [1.54, 1.807) is 0 Å². The number of benzene rings is 2. The lowest BCUT2D eigenvalue weighted by Gasteiger charge is -2.32. The van der Waals surface area contributed by atoms with Gasteiger partial charge in [0.2, 0.25) is 0 Å². The number of aryl methyl sites for hydroxylation is 1. The molecular formula is C18H21NO. The first-order chi connectivity index (χ1) is 9.75. The van der Waals surface area contributed by atoms with Crippen LogP contribution in [0.3, 0.4) is 0 Å². The molecule has 0 aromatic heterocycles. The fourth-order valence-electron chi connectivity index (χ4n) is 2.83. The maximum atomic E-state index is 5.80. The zero-order chi connectivity index (χ0) is 13.9. The number of hydrogen-bond donors (Lipinski definition) is 1. The Bertz CT molecular complexity index is 593. The molecular weight excluding hydrogens is 246 g/mol. The second-order valence-corrected chi connectivity index (χ2v) is 5.61. The molecule has 1 aliphatic heterocycles. The minimum atomic E-state index is 0.361. The third-order valence-electron chi connectivity index (χ3n) is 4.10. The lowest BCUT2D eigenvalue weighted by molar-refractivity contribution is 0.188. The van der Waals surface area contributed by atoms with Crippen molar-refractivity contribution in [3.05, 3.63) is 65.2 Å². The first-order valence-electron chi connectivity index (χ1n) is 7.25. The van der Waals surface area contributed by atoms with Gasteiger partial charge in [0.05, 0.1) is 6.61 Å². The van der Waals surface area contributed by atoms with Gasteiger partial charge in [-0.3, -0.25) is 0 Å². The van der Waals surface area contributed by atoms with Gasteiger partial charge >= 0.3 is 0 Å². The molecule has 2 atom stereocenters. The Morgan fingerprint density at radius 1 is 1.10 bits per heavy atom. The molecule has 1 aliphatic rings. The molecule has 2 unspecified atom stereocenters. The van der Waals surface area contributed by atoms with E-state index in [2.05, 4.69) is 61.6 Å². The van der Waals surface area contributed by atoms with Gasteiger partial charge in [0.25, 0.3) is 0 Å². The average molecular weight is 267 g/mol. The van der Waals surface area contributed by atoms with Crippen LogP contribution in [0.2, 0.25) is 0 Å². The monoisotopic (exact) mass is 267 g/mol. The Hall–Kier alpha value is -1.80. The Balaban J connectivity index is 1.79. The molecule has 0 bridgehead atoms. The lowest BCUT2D eigenvalue weighted by atomic mass is 9.91. The number of hydrogen-bond acceptors (Lipinski definition) is 2. The van der Waals surface area contributed by atoms with Gasteiger partial charge in [-0.25, -0.2) is 0 Å². The predicted molar refractivity (Wildman–Crippen MR) is 81.9 cm³/mol. The molecule has 0 spiro atoms. The van der Waals surface area contributed by atoms with E-state index in [-0.39, 0.29) is 0 Å². The molecule has 104 valence electrons. The van der Waals surface area contributed by atoms with Crippen LogP contribution < -0.4 is 10.1 Å². The van der Waals surface area contributed by atoms with Crippen LogP contribution in [0.5, 0.6) is 5.75 Å². The molecule has 2 heteroatoms. The molecule has 2 aromatic rings. The van der Waals surface area contributed by atoms with Crippen molar-refractivity contribution in [3.8, 4) is 5.75 Å². The topological polar surface area (TPSA) is 21.3 Å². The Labute approximate surface area is 120 Å². The summed E-state index contributed by atoms with van der Waals surface area (Å²) in [4.78, 5) is 0. The highest BCUT2D eigenvalue weighted by atomic mass is 16.5. The van der Waals surface area contributed by atoms with Gasteiger partial charge in [0, 0.05) is 24.1 Å². The van der Waals surface area contributed by atoms with Gasteiger partial charge in [0.1, 0.15) is 5.75 Å².